The highest BCUT2D eigenvalue weighted by Crippen LogP contribution is 2.88. The fraction of sp³-hybridized carbons (Fsp3) is 0.720. The number of esters is 1. The van der Waals surface area contributed by atoms with Crippen LogP contribution in [0.1, 0.15) is 47.0 Å². The van der Waals surface area contributed by atoms with E-state index < -0.39 is 44.2 Å². The molecule has 164 valence electrons. The number of aliphatic hydroxyl groups is 1. The third kappa shape index (κ3) is 1.39. The lowest BCUT2D eigenvalue weighted by molar-refractivity contribution is -0.258. The summed E-state index contributed by atoms with van der Waals surface area (Å²) in [6, 6.07) is 0. The van der Waals surface area contributed by atoms with E-state index in [9.17, 15) is 19.5 Å². The summed E-state index contributed by atoms with van der Waals surface area (Å²) in [4.78, 5) is 39.9. The molecule has 0 amide bonds. The molecule has 1 N–H and O–H groups in total. The van der Waals surface area contributed by atoms with E-state index in [0.717, 1.165) is 6.42 Å². The second-order valence-corrected chi connectivity index (χ2v) is 12.3. The van der Waals surface area contributed by atoms with Crippen LogP contribution in [0.3, 0.4) is 0 Å². The maximum absolute atomic E-state index is 14.1. The van der Waals surface area contributed by atoms with Gasteiger partial charge in [0, 0.05) is 27.2 Å². The summed E-state index contributed by atoms with van der Waals surface area (Å²) in [7, 11) is 0. The molecule has 7 aliphatic rings. The van der Waals surface area contributed by atoms with E-state index in [1.54, 1.807) is 6.08 Å². The lowest BCUT2D eigenvalue weighted by atomic mass is 9.34. The van der Waals surface area contributed by atoms with E-state index in [1.807, 2.05) is 39.8 Å². The van der Waals surface area contributed by atoms with Crippen molar-refractivity contribution in [3.63, 3.8) is 0 Å². The van der Waals surface area contributed by atoms with Crippen LogP contribution >= 0.6 is 0 Å². The number of carbonyl (C=O) groups excluding carboxylic acids is 3. The average Bonchev–Trinajstić information content (AvgIpc) is 3.40. The number of hydrogen-bond donors (Lipinski definition) is 1. The molecule has 6 heteroatoms. The molecule has 2 heterocycles. The van der Waals surface area contributed by atoms with Gasteiger partial charge in [-0.05, 0) is 38.2 Å². The number of Topliss-reactive ketones (excluding diaryl/α,β-unsaturated/α-hetero) is 1. The molecular formula is C25H28O6. The van der Waals surface area contributed by atoms with Crippen LogP contribution in [0.5, 0.6) is 0 Å². The maximum atomic E-state index is 14.1. The molecule has 8 atom stereocenters. The number of epoxide rings is 1. The molecule has 0 aromatic heterocycles. The summed E-state index contributed by atoms with van der Waals surface area (Å²) in [6.45, 7) is 8.36. The van der Waals surface area contributed by atoms with E-state index in [-0.39, 0.29) is 30.1 Å². The van der Waals surface area contributed by atoms with Crippen LogP contribution < -0.4 is 0 Å². The zero-order chi connectivity index (χ0) is 22.0. The summed E-state index contributed by atoms with van der Waals surface area (Å²) in [5.74, 6) is -1.19. The SMILES string of the molecule is CC1(C)C(=O)C=C[C@@]2(C)[C@H]1CC[C@@]13C[C@@]4(C)C=C5C(=O)OC[C@]51[C@]1(CO1)[C@H](C4=O)[C@]32O. The van der Waals surface area contributed by atoms with Crippen LogP contribution in [-0.2, 0) is 23.9 Å². The fourth-order valence-corrected chi connectivity index (χ4v) is 9.95. The van der Waals surface area contributed by atoms with Crippen LogP contribution in [0.2, 0.25) is 0 Å². The molecule has 0 radical (unpaired) electrons. The third-order valence-corrected chi connectivity index (χ3v) is 11.2. The summed E-state index contributed by atoms with van der Waals surface area (Å²) in [5.41, 5.74) is -5.55. The minimum atomic E-state index is -1.42. The minimum absolute atomic E-state index is 0.0281. The van der Waals surface area contributed by atoms with Crippen molar-refractivity contribution in [3.05, 3.63) is 23.8 Å². The molecule has 2 aliphatic heterocycles. The number of ketones is 2. The minimum Gasteiger partial charge on any atom is -0.461 e. The van der Waals surface area contributed by atoms with Crippen molar-refractivity contribution in [2.75, 3.05) is 13.2 Å². The highest BCUT2D eigenvalue weighted by Gasteiger charge is 2.97. The standard InChI is InChI=1S/C25H28O6/c1-19(2)14-5-8-22-10-20(3)9-13-18(28)30-11-23(13,22)24(12-31-24)16(17(20)27)25(22,29)21(14,4)7-6-15(19)26/h6-7,9,14,16,29H,5,8,10-12H2,1-4H3/t14-,16-,20+,21-,22+,23-,24-,25+/m0/s1. The first-order valence-electron chi connectivity index (χ1n) is 11.4. The average molecular weight is 424 g/mol. The van der Waals surface area contributed by atoms with Crippen molar-refractivity contribution < 1.29 is 29.0 Å². The monoisotopic (exact) mass is 424 g/mol. The van der Waals surface area contributed by atoms with Gasteiger partial charge in [0.05, 0.1) is 23.5 Å². The van der Waals surface area contributed by atoms with Crippen molar-refractivity contribution in [2.24, 2.45) is 38.9 Å². The Labute approximate surface area is 181 Å². The summed E-state index contributed by atoms with van der Waals surface area (Å²) >= 11 is 0. The van der Waals surface area contributed by atoms with Crippen molar-refractivity contribution in [3.8, 4) is 0 Å². The molecule has 0 unspecified atom stereocenters. The Bertz CT molecular complexity index is 1100. The topological polar surface area (TPSA) is 93.2 Å². The lowest BCUT2D eigenvalue weighted by Gasteiger charge is -2.69. The Balaban J connectivity index is 1.60. The first kappa shape index (κ1) is 18.8. The molecule has 3 saturated carbocycles. The number of allylic oxidation sites excluding steroid dienone is 2. The first-order valence-corrected chi connectivity index (χ1v) is 11.4. The van der Waals surface area contributed by atoms with Gasteiger partial charge in [0.2, 0.25) is 0 Å². The number of fused-ring (bicyclic) bond motifs is 3. The second kappa shape index (κ2) is 4.49. The quantitative estimate of drug-likeness (QED) is 0.473. The Kier molecular flexibility index (Phi) is 2.72. The number of cyclic esters (lactones) is 1. The summed E-state index contributed by atoms with van der Waals surface area (Å²) in [6.07, 6.45) is 7.21. The molecule has 31 heavy (non-hydrogen) atoms. The van der Waals surface area contributed by atoms with Gasteiger partial charge >= 0.3 is 5.97 Å². The van der Waals surface area contributed by atoms with Gasteiger partial charge in [0.1, 0.15) is 12.2 Å². The predicted octanol–water partition coefficient (Wildman–Crippen LogP) is 2.15. The van der Waals surface area contributed by atoms with Crippen LogP contribution in [-0.4, -0.2) is 47.1 Å². The second-order valence-electron chi connectivity index (χ2n) is 12.3. The Morgan fingerprint density at radius 3 is 2.48 bits per heavy atom. The fourth-order valence-electron chi connectivity index (χ4n) is 9.95. The zero-order valence-corrected chi connectivity index (χ0v) is 18.4. The maximum Gasteiger partial charge on any atom is 0.334 e. The number of hydrogen-bond acceptors (Lipinski definition) is 6. The van der Waals surface area contributed by atoms with E-state index in [4.69, 9.17) is 9.47 Å². The molecule has 5 fully saturated rings. The van der Waals surface area contributed by atoms with Crippen LogP contribution in [0, 0.1) is 38.9 Å². The zero-order valence-electron chi connectivity index (χ0n) is 18.4. The molecule has 2 saturated heterocycles. The molecule has 0 aromatic rings. The van der Waals surface area contributed by atoms with Gasteiger partial charge in [-0.25, -0.2) is 4.79 Å². The first-order chi connectivity index (χ1) is 14.4. The van der Waals surface area contributed by atoms with Gasteiger partial charge < -0.3 is 14.6 Å². The molecular weight excluding hydrogens is 396 g/mol. The van der Waals surface area contributed by atoms with Crippen molar-refractivity contribution in [1.29, 1.82) is 0 Å². The molecule has 5 aliphatic carbocycles. The van der Waals surface area contributed by atoms with Crippen LogP contribution in [0.4, 0.5) is 0 Å². The summed E-state index contributed by atoms with van der Waals surface area (Å²) in [5, 5.41) is 13.0. The lowest BCUT2D eigenvalue weighted by Crippen LogP contribution is -2.74. The van der Waals surface area contributed by atoms with E-state index in [2.05, 4.69) is 0 Å². The van der Waals surface area contributed by atoms with E-state index in [0.29, 0.717) is 25.0 Å². The highest BCUT2D eigenvalue weighted by atomic mass is 16.6. The van der Waals surface area contributed by atoms with Gasteiger partial charge in [0.15, 0.2) is 11.6 Å². The predicted molar refractivity (Wildman–Crippen MR) is 108 cm³/mol. The smallest absolute Gasteiger partial charge is 0.334 e. The Hall–Kier alpha value is -1.79. The Morgan fingerprint density at radius 1 is 1.10 bits per heavy atom. The van der Waals surface area contributed by atoms with Gasteiger partial charge in [-0.3, -0.25) is 9.59 Å². The largest absolute Gasteiger partial charge is 0.461 e. The third-order valence-electron chi connectivity index (χ3n) is 11.2. The van der Waals surface area contributed by atoms with E-state index in [1.165, 1.54) is 0 Å². The molecule has 6 nitrogen and oxygen atoms in total. The molecule has 3 spiro atoms. The van der Waals surface area contributed by atoms with Gasteiger partial charge in [-0.1, -0.05) is 32.9 Å². The molecule has 0 aromatic carbocycles. The number of rotatable bonds is 0. The van der Waals surface area contributed by atoms with Crippen LogP contribution in [0.15, 0.2) is 23.8 Å². The van der Waals surface area contributed by atoms with Gasteiger partial charge in [0.25, 0.3) is 0 Å². The van der Waals surface area contributed by atoms with E-state index >= 15 is 0 Å². The number of carbonyl (C=O) groups is 3. The van der Waals surface area contributed by atoms with Gasteiger partial charge in [-0.2, -0.15) is 0 Å². The summed E-state index contributed by atoms with van der Waals surface area (Å²) < 4.78 is 11.8. The number of ether oxygens (including phenoxy) is 2. The van der Waals surface area contributed by atoms with Crippen molar-refractivity contribution >= 4 is 17.5 Å². The van der Waals surface area contributed by atoms with Crippen molar-refractivity contribution in [1.82, 2.24) is 0 Å². The van der Waals surface area contributed by atoms with Crippen molar-refractivity contribution in [2.45, 2.75) is 58.2 Å². The normalized spacial score (nSPS) is 59.3. The van der Waals surface area contributed by atoms with Gasteiger partial charge in [-0.15, -0.1) is 0 Å². The molecule has 7 rings (SSSR count). The Morgan fingerprint density at radius 2 is 1.81 bits per heavy atom. The van der Waals surface area contributed by atoms with Crippen LogP contribution in [0.25, 0.3) is 0 Å². The molecule has 3 bridgehead atoms. The highest BCUT2D eigenvalue weighted by molar-refractivity contribution is 6.03.